The van der Waals surface area contributed by atoms with Crippen molar-refractivity contribution in [2.45, 2.75) is 25.7 Å². The highest BCUT2D eigenvalue weighted by molar-refractivity contribution is 8.14. The number of amides is 3. The van der Waals surface area contributed by atoms with E-state index in [9.17, 15) is 18.4 Å². The largest absolute Gasteiger partial charge is 0.367 e. The van der Waals surface area contributed by atoms with E-state index >= 15 is 0 Å². The predicted octanol–water partition coefficient (Wildman–Crippen LogP) is 3.80. The van der Waals surface area contributed by atoms with Crippen LogP contribution in [0, 0.1) is 17.6 Å². The maximum atomic E-state index is 13.1. The third-order valence-electron chi connectivity index (χ3n) is 3.88. The van der Waals surface area contributed by atoms with Crippen LogP contribution < -0.4 is 5.32 Å². The summed E-state index contributed by atoms with van der Waals surface area (Å²) in [7, 11) is 0. The monoisotopic (exact) mass is 351 g/mol. The molecule has 1 unspecified atom stereocenters. The van der Waals surface area contributed by atoms with Gasteiger partial charge in [0.25, 0.3) is 0 Å². The quantitative estimate of drug-likeness (QED) is 0.900. The Morgan fingerprint density at radius 1 is 1.25 bits per heavy atom. The first kappa shape index (κ1) is 16.8. The Labute approximate surface area is 141 Å². The number of benzene rings is 1. The third kappa shape index (κ3) is 3.87. The predicted molar refractivity (Wildman–Crippen MR) is 89.7 cm³/mol. The van der Waals surface area contributed by atoms with Crippen LogP contribution in [-0.2, 0) is 4.79 Å². The van der Waals surface area contributed by atoms with E-state index in [1.807, 2.05) is 0 Å². The average molecular weight is 351 g/mol. The van der Waals surface area contributed by atoms with Gasteiger partial charge in [0.1, 0.15) is 0 Å². The van der Waals surface area contributed by atoms with E-state index in [4.69, 9.17) is 0 Å². The molecule has 1 aromatic rings. The molecule has 8 heteroatoms. The first-order valence-electron chi connectivity index (χ1n) is 7.60. The van der Waals surface area contributed by atoms with Crippen molar-refractivity contribution in [3.8, 4) is 0 Å². The summed E-state index contributed by atoms with van der Waals surface area (Å²) in [5.74, 6) is -2.31. The summed E-state index contributed by atoms with van der Waals surface area (Å²) in [4.78, 5) is 31.4. The summed E-state index contributed by atoms with van der Waals surface area (Å²) in [6, 6.07) is 2.64. The maximum absolute atomic E-state index is 13.1. The normalized spacial score (nSPS) is 20.1. The van der Waals surface area contributed by atoms with Gasteiger partial charge in [0.05, 0.1) is 10.8 Å². The number of thioether (sulfide) groups is 1. The van der Waals surface area contributed by atoms with Crippen LogP contribution in [0.25, 0.3) is 0 Å². The molecule has 0 spiro atoms. The number of aliphatic imine (C=N–C) groups is 2. The van der Waals surface area contributed by atoms with Crippen molar-refractivity contribution >= 4 is 40.1 Å². The first-order chi connectivity index (χ1) is 11.5. The van der Waals surface area contributed by atoms with E-state index in [0.29, 0.717) is 5.04 Å². The fraction of sp³-hybridized carbons (Fsp3) is 0.375. The van der Waals surface area contributed by atoms with Crippen molar-refractivity contribution in [3.63, 3.8) is 0 Å². The zero-order valence-corrected chi connectivity index (χ0v) is 13.5. The number of rotatable bonds is 3. The van der Waals surface area contributed by atoms with E-state index in [1.54, 1.807) is 0 Å². The molecule has 1 fully saturated rings. The van der Waals surface area contributed by atoms with Gasteiger partial charge in [-0.1, -0.05) is 18.2 Å². The molecular weight excluding hydrogens is 336 g/mol. The molecule has 2 aliphatic rings. The highest BCUT2D eigenvalue weighted by Gasteiger charge is 2.30. The Balaban J connectivity index is 1.59. The number of halogens is 2. The molecule has 5 nitrogen and oxygen atoms in total. The number of anilines is 1. The zero-order chi connectivity index (χ0) is 17.1. The van der Waals surface area contributed by atoms with Crippen LogP contribution in [0.15, 0.2) is 28.2 Å². The molecule has 3 rings (SSSR count). The SMILES string of the molecule is O=C1N=C2CCCCC2C(SCC(=O)Nc2ccc(F)c(F)c2)=N1. The zero-order valence-electron chi connectivity index (χ0n) is 12.7. The molecule has 1 N–H and O–H groups in total. The van der Waals surface area contributed by atoms with Gasteiger partial charge in [-0.3, -0.25) is 4.79 Å². The molecular formula is C16H15F2N3O2S. The summed E-state index contributed by atoms with van der Waals surface area (Å²) in [6.45, 7) is 0. The second-order valence-corrected chi connectivity index (χ2v) is 6.60. The van der Waals surface area contributed by atoms with Crippen LogP contribution in [0.5, 0.6) is 0 Å². The Bertz CT molecular complexity index is 749. The van der Waals surface area contributed by atoms with Crippen molar-refractivity contribution in [1.82, 2.24) is 0 Å². The maximum Gasteiger partial charge on any atom is 0.367 e. The topological polar surface area (TPSA) is 70.9 Å². The van der Waals surface area contributed by atoms with Crippen molar-refractivity contribution in [1.29, 1.82) is 0 Å². The number of nitrogens with zero attached hydrogens (tertiary/aromatic N) is 2. The molecule has 1 saturated carbocycles. The van der Waals surface area contributed by atoms with Gasteiger partial charge < -0.3 is 5.32 Å². The lowest BCUT2D eigenvalue weighted by Crippen LogP contribution is -2.31. The van der Waals surface area contributed by atoms with Gasteiger partial charge in [0.15, 0.2) is 11.6 Å². The Kier molecular flexibility index (Phi) is 5.03. The summed E-state index contributed by atoms with van der Waals surface area (Å²) in [5.41, 5.74) is 1.03. The Hall–Kier alpha value is -2.09. The molecule has 3 amide bonds. The summed E-state index contributed by atoms with van der Waals surface area (Å²) < 4.78 is 26.0. The van der Waals surface area contributed by atoms with Crippen molar-refractivity contribution < 1.29 is 18.4 Å². The minimum absolute atomic E-state index is 0.0255. The van der Waals surface area contributed by atoms with Gasteiger partial charge >= 0.3 is 6.03 Å². The molecule has 1 atom stereocenters. The van der Waals surface area contributed by atoms with E-state index in [0.717, 1.165) is 43.5 Å². The van der Waals surface area contributed by atoms with Gasteiger partial charge in [-0.25, -0.2) is 18.6 Å². The van der Waals surface area contributed by atoms with Crippen molar-refractivity contribution in [2.24, 2.45) is 15.9 Å². The van der Waals surface area contributed by atoms with Crippen LogP contribution in [0.2, 0.25) is 0 Å². The number of urea groups is 1. The van der Waals surface area contributed by atoms with Crippen molar-refractivity contribution in [2.75, 3.05) is 11.1 Å². The van der Waals surface area contributed by atoms with E-state index in [-0.39, 0.29) is 23.3 Å². The van der Waals surface area contributed by atoms with Gasteiger partial charge in [-0.2, -0.15) is 4.99 Å². The third-order valence-corrected chi connectivity index (χ3v) is 4.95. The highest BCUT2D eigenvalue weighted by atomic mass is 32.2. The van der Waals surface area contributed by atoms with Gasteiger partial charge in [-0.05, 0) is 31.4 Å². The molecule has 1 aromatic carbocycles. The number of fused-ring (bicyclic) bond motifs is 1. The molecule has 1 aliphatic carbocycles. The lowest BCUT2D eigenvalue weighted by atomic mass is 9.87. The van der Waals surface area contributed by atoms with Crippen LogP contribution in [-0.4, -0.2) is 28.4 Å². The van der Waals surface area contributed by atoms with Crippen molar-refractivity contribution in [3.05, 3.63) is 29.8 Å². The lowest BCUT2D eigenvalue weighted by Gasteiger charge is -2.26. The molecule has 1 heterocycles. The number of nitrogens with one attached hydrogen (secondary N) is 1. The van der Waals surface area contributed by atoms with Gasteiger partial charge in [-0.15, -0.1) is 0 Å². The van der Waals surface area contributed by atoms with Crippen LogP contribution in [0.3, 0.4) is 0 Å². The molecule has 0 aromatic heterocycles. The highest BCUT2D eigenvalue weighted by Crippen LogP contribution is 2.30. The Morgan fingerprint density at radius 3 is 2.88 bits per heavy atom. The van der Waals surface area contributed by atoms with Crippen LogP contribution >= 0.6 is 11.8 Å². The molecule has 0 bridgehead atoms. The number of carbonyl (C=O) groups is 2. The fourth-order valence-corrected chi connectivity index (χ4v) is 3.71. The molecule has 0 radical (unpaired) electrons. The molecule has 24 heavy (non-hydrogen) atoms. The van der Waals surface area contributed by atoms with Crippen LogP contribution in [0.1, 0.15) is 25.7 Å². The minimum atomic E-state index is -1.02. The molecule has 1 aliphatic heterocycles. The average Bonchev–Trinajstić information content (AvgIpc) is 2.56. The van der Waals surface area contributed by atoms with E-state index < -0.39 is 17.7 Å². The Morgan fingerprint density at radius 2 is 2.08 bits per heavy atom. The summed E-state index contributed by atoms with van der Waals surface area (Å²) in [5, 5.41) is 3.11. The second-order valence-electron chi connectivity index (χ2n) is 5.60. The number of carbonyl (C=O) groups excluding carboxylic acids is 2. The smallest absolute Gasteiger partial charge is 0.325 e. The van der Waals surface area contributed by atoms with Gasteiger partial charge in [0.2, 0.25) is 5.91 Å². The first-order valence-corrected chi connectivity index (χ1v) is 8.59. The van der Waals surface area contributed by atoms with E-state index in [2.05, 4.69) is 15.3 Å². The lowest BCUT2D eigenvalue weighted by molar-refractivity contribution is -0.113. The molecule has 126 valence electrons. The van der Waals surface area contributed by atoms with Gasteiger partial charge in [0, 0.05) is 23.4 Å². The standard InChI is InChI=1S/C16H15F2N3O2S/c17-11-6-5-9(7-12(11)18)19-14(22)8-24-15-10-3-1-2-4-13(10)20-16(23)21-15/h5-7,10H,1-4,8H2,(H,19,22). The summed E-state index contributed by atoms with van der Waals surface area (Å²) >= 11 is 1.19. The number of hydrogen-bond acceptors (Lipinski definition) is 3. The van der Waals surface area contributed by atoms with E-state index in [1.165, 1.54) is 17.8 Å². The second kappa shape index (κ2) is 7.21. The number of hydrogen-bond donors (Lipinski definition) is 1. The minimum Gasteiger partial charge on any atom is -0.325 e. The fourth-order valence-electron chi connectivity index (χ4n) is 2.76. The summed E-state index contributed by atoms with van der Waals surface area (Å²) in [6.07, 6.45) is 3.72. The van der Waals surface area contributed by atoms with Crippen LogP contribution in [0.4, 0.5) is 19.3 Å². The molecule has 0 saturated heterocycles.